The summed E-state index contributed by atoms with van der Waals surface area (Å²) < 4.78 is 26.4. The van der Waals surface area contributed by atoms with Crippen molar-refractivity contribution in [2.24, 2.45) is 0 Å². The molecule has 2 N–H and O–H groups in total. The molecule has 1 heterocycles. The van der Waals surface area contributed by atoms with Crippen molar-refractivity contribution in [2.75, 3.05) is 5.75 Å². The SMILES string of the molecule is CC(CS(=O)(=O)NCc1ncn[nH]1)c1ccccc1. The number of hydrogen-bond donors (Lipinski definition) is 2. The van der Waals surface area contributed by atoms with Gasteiger partial charge in [0.1, 0.15) is 12.2 Å². The molecule has 0 aliphatic heterocycles. The molecule has 0 aliphatic carbocycles. The van der Waals surface area contributed by atoms with Crippen molar-refractivity contribution in [3.05, 3.63) is 48.0 Å². The molecule has 0 radical (unpaired) electrons. The number of hydrogen-bond acceptors (Lipinski definition) is 4. The van der Waals surface area contributed by atoms with Crippen molar-refractivity contribution in [3.8, 4) is 0 Å². The molecule has 0 fully saturated rings. The van der Waals surface area contributed by atoms with Gasteiger partial charge >= 0.3 is 0 Å². The van der Waals surface area contributed by atoms with Crippen LogP contribution in [0.4, 0.5) is 0 Å². The van der Waals surface area contributed by atoms with Crippen LogP contribution in [-0.4, -0.2) is 29.4 Å². The van der Waals surface area contributed by atoms with E-state index in [1.54, 1.807) is 0 Å². The highest BCUT2D eigenvalue weighted by Gasteiger charge is 2.17. The lowest BCUT2D eigenvalue weighted by molar-refractivity contribution is 0.574. The van der Waals surface area contributed by atoms with E-state index >= 15 is 0 Å². The zero-order valence-corrected chi connectivity index (χ0v) is 11.4. The van der Waals surface area contributed by atoms with Crippen LogP contribution in [0.15, 0.2) is 36.7 Å². The first kappa shape index (κ1) is 13.7. The van der Waals surface area contributed by atoms with Gasteiger partial charge in [0, 0.05) is 0 Å². The van der Waals surface area contributed by atoms with Crippen molar-refractivity contribution in [3.63, 3.8) is 0 Å². The van der Waals surface area contributed by atoms with E-state index in [4.69, 9.17) is 0 Å². The summed E-state index contributed by atoms with van der Waals surface area (Å²) in [5, 5.41) is 6.27. The molecule has 0 saturated heterocycles. The predicted molar refractivity (Wildman–Crippen MR) is 71.9 cm³/mol. The molecule has 2 rings (SSSR count). The van der Waals surface area contributed by atoms with Crippen LogP contribution in [0.3, 0.4) is 0 Å². The molecule has 0 bridgehead atoms. The number of rotatable bonds is 6. The number of nitrogens with one attached hydrogen (secondary N) is 2. The first-order chi connectivity index (χ1) is 9.07. The van der Waals surface area contributed by atoms with Crippen LogP contribution in [-0.2, 0) is 16.6 Å². The zero-order chi connectivity index (χ0) is 13.7. The minimum atomic E-state index is -3.34. The Morgan fingerprint density at radius 2 is 2.05 bits per heavy atom. The van der Waals surface area contributed by atoms with Gasteiger partial charge < -0.3 is 0 Å². The maximum Gasteiger partial charge on any atom is 0.212 e. The summed E-state index contributed by atoms with van der Waals surface area (Å²) in [7, 11) is -3.34. The van der Waals surface area contributed by atoms with Gasteiger partial charge in [-0.05, 0) is 11.5 Å². The summed E-state index contributed by atoms with van der Waals surface area (Å²) >= 11 is 0. The second-order valence-corrected chi connectivity index (χ2v) is 6.20. The second-order valence-electron chi connectivity index (χ2n) is 4.35. The maximum atomic E-state index is 11.9. The Bertz CT molecular complexity index is 596. The number of aromatic amines is 1. The number of aromatic nitrogens is 3. The van der Waals surface area contributed by atoms with Gasteiger partial charge in [-0.15, -0.1) is 0 Å². The fourth-order valence-corrected chi connectivity index (χ4v) is 3.09. The topological polar surface area (TPSA) is 87.7 Å². The summed E-state index contributed by atoms with van der Waals surface area (Å²) in [4.78, 5) is 3.86. The highest BCUT2D eigenvalue weighted by Crippen LogP contribution is 2.16. The second kappa shape index (κ2) is 5.94. The summed E-state index contributed by atoms with van der Waals surface area (Å²) in [5.41, 5.74) is 1.01. The van der Waals surface area contributed by atoms with Gasteiger partial charge in [0.05, 0.1) is 12.3 Å². The predicted octanol–water partition coefficient (Wildman–Crippen LogP) is 1.03. The fraction of sp³-hybridized carbons (Fsp3) is 0.333. The number of nitrogens with zero attached hydrogens (tertiary/aromatic N) is 2. The standard InChI is InChI=1S/C12H16N4O2S/c1-10(11-5-3-2-4-6-11)8-19(17,18)15-7-12-13-9-14-16-12/h2-6,9-10,15H,7-8H2,1H3,(H,13,14,16). The fourth-order valence-electron chi connectivity index (χ4n) is 1.76. The van der Waals surface area contributed by atoms with Crippen molar-refractivity contribution >= 4 is 10.0 Å². The lowest BCUT2D eigenvalue weighted by atomic mass is 10.0. The first-order valence-electron chi connectivity index (χ1n) is 5.93. The highest BCUT2D eigenvalue weighted by molar-refractivity contribution is 7.89. The van der Waals surface area contributed by atoms with Crippen LogP contribution in [0.25, 0.3) is 0 Å². The Morgan fingerprint density at radius 3 is 2.68 bits per heavy atom. The van der Waals surface area contributed by atoms with E-state index in [0.717, 1.165) is 5.56 Å². The summed E-state index contributed by atoms with van der Waals surface area (Å²) in [5.74, 6) is 0.481. The monoisotopic (exact) mass is 280 g/mol. The lowest BCUT2D eigenvalue weighted by Gasteiger charge is -2.12. The molecular formula is C12H16N4O2S. The van der Waals surface area contributed by atoms with Crippen molar-refractivity contribution < 1.29 is 8.42 Å². The van der Waals surface area contributed by atoms with Gasteiger partial charge in [0.2, 0.25) is 10.0 Å². The third-order valence-corrected chi connectivity index (χ3v) is 4.29. The zero-order valence-electron chi connectivity index (χ0n) is 10.6. The molecule has 1 unspecified atom stereocenters. The number of H-pyrrole nitrogens is 1. The molecule has 0 aliphatic rings. The van der Waals surface area contributed by atoms with Gasteiger partial charge in [-0.3, -0.25) is 5.10 Å². The quantitative estimate of drug-likeness (QED) is 0.827. The normalized spacial score (nSPS) is 13.3. The molecule has 7 heteroatoms. The molecule has 0 spiro atoms. The van der Waals surface area contributed by atoms with Gasteiger partial charge in [0.15, 0.2) is 0 Å². The third-order valence-electron chi connectivity index (χ3n) is 2.76. The molecule has 19 heavy (non-hydrogen) atoms. The summed E-state index contributed by atoms with van der Waals surface area (Å²) in [6.45, 7) is 2.02. The van der Waals surface area contributed by atoms with Crippen LogP contribution in [0.1, 0.15) is 24.2 Å². The molecule has 1 aromatic carbocycles. The average Bonchev–Trinajstić information content (AvgIpc) is 2.90. The Morgan fingerprint density at radius 1 is 1.32 bits per heavy atom. The maximum absolute atomic E-state index is 11.9. The van der Waals surface area contributed by atoms with Crippen molar-refractivity contribution in [1.29, 1.82) is 0 Å². The van der Waals surface area contributed by atoms with Crippen LogP contribution in [0.5, 0.6) is 0 Å². The van der Waals surface area contributed by atoms with E-state index in [0.29, 0.717) is 5.82 Å². The Labute approximate surface area is 112 Å². The van der Waals surface area contributed by atoms with Crippen LogP contribution in [0, 0.1) is 0 Å². The van der Waals surface area contributed by atoms with Gasteiger partial charge in [-0.2, -0.15) is 5.10 Å². The summed E-state index contributed by atoms with van der Waals surface area (Å²) in [6.07, 6.45) is 1.34. The van der Waals surface area contributed by atoms with Crippen LogP contribution in [0.2, 0.25) is 0 Å². The van der Waals surface area contributed by atoms with Crippen LogP contribution < -0.4 is 4.72 Å². The number of benzene rings is 1. The molecule has 0 amide bonds. The Kier molecular flexibility index (Phi) is 4.28. The largest absolute Gasteiger partial charge is 0.262 e. The lowest BCUT2D eigenvalue weighted by Crippen LogP contribution is -2.28. The van der Waals surface area contributed by atoms with E-state index in [1.165, 1.54) is 6.33 Å². The van der Waals surface area contributed by atoms with Crippen LogP contribution >= 0.6 is 0 Å². The molecular weight excluding hydrogens is 264 g/mol. The Balaban J connectivity index is 1.93. The molecule has 0 saturated carbocycles. The first-order valence-corrected chi connectivity index (χ1v) is 7.58. The molecule has 102 valence electrons. The smallest absolute Gasteiger partial charge is 0.212 e. The summed E-state index contributed by atoms with van der Waals surface area (Å²) in [6, 6.07) is 9.57. The average molecular weight is 280 g/mol. The molecule has 2 aromatic rings. The van der Waals surface area contributed by atoms with Gasteiger partial charge in [0.25, 0.3) is 0 Å². The van der Waals surface area contributed by atoms with Crippen molar-refractivity contribution in [2.45, 2.75) is 19.4 Å². The molecule has 6 nitrogen and oxygen atoms in total. The van der Waals surface area contributed by atoms with E-state index in [9.17, 15) is 8.42 Å². The minimum absolute atomic E-state index is 0.0468. The third kappa shape index (κ3) is 4.15. The highest BCUT2D eigenvalue weighted by atomic mass is 32.2. The van der Waals surface area contributed by atoms with E-state index in [-0.39, 0.29) is 18.2 Å². The van der Waals surface area contributed by atoms with E-state index < -0.39 is 10.0 Å². The number of sulfonamides is 1. The van der Waals surface area contributed by atoms with Gasteiger partial charge in [-0.1, -0.05) is 37.3 Å². The minimum Gasteiger partial charge on any atom is -0.262 e. The van der Waals surface area contributed by atoms with Gasteiger partial charge in [-0.25, -0.2) is 18.1 Å². The Hall–Kier alpha value is -1.73. The molecule has 1 aromatic heterocycles. The van der Waals surface area contributed by atoms with Crippen molar-refractivity contribution in [1.82, 2.24) is 19.9 Å². The van der Waals surface area contributed by atoms with E-state index in [1.807, 2.05) is 37.3 Å². The molecule has 1 atom stereocenters. The van der Waals surface area contributed by atoms with E-state index in [2.05, 4.69) is 19.9 Å².